The normalized spacial score (nSPS) is 11.5. The van der Waals surface area contributed by atoms with Gasteiger partial charge in [-0.05, 0) is 41.8 Å². The van der Waals surface area contributed by atoms with E-state index in [0.717, 1.165) is 0 Å². The Kier molecular flexibility index (Phi) is 6.11. The Morgan fingerprint density at radius 1 is 0.949 bits per heavy atom. The molecule has 3 aromatic heterocycles. The first-order valence-electron chi connectivity index (χ1n) is 12.5. The monoisotopic (exact) mass is 522 g/mol. The zero-order chi connectivity index (χ0) is 27.1. The SMILES string of the molecule is CC(C)CC(=O)Nc1cncc(-c2cc(F)c3[nH]nc(-c4nc5c(-c6ccccc6F)cccc5[nH]4)c3c2)c1. The number of carbonyl (C=O) groups excluding carboxylic acids is 1. The fourth-order valence-corrected chi connectivity index (χ4v) is 4.72. The van der Waals surface area contributed by atoms with Crippen molar-refractivity contribution >= 4 is 33.5 Å². The van der Waals surface area contributed by atoms with Gasteiger partial charge < -0.3 is 10.3 Å². The number of amides is 1. The van der Waals surface area contributed by atoms with Crippen LogP contribution in [0.5, 0.6) is 0 Å². The average molecular weight is 523 g/mol. The molecular weight excluding hydrogens is 498 g/mol. The minimum Gasteiger partial charge on any atom is -0.337 e. The summed E-state index contributed by atoms with van der Waals surface area (Å²) in [6.45, 7) is 3.94. The van der Waals surface area contributed by atoms with Gasteiger partial charge in [-0.2, -0.15) is 5.10 Å². The van der Waals surface area contributed by atoms with Gasteiger partial charge in [-0.15, -0.1) is 0 Å². The van der Waals surface area contributed by atoms with Gasteiger partial charge in [0, 0.05) is 34.7 Å². The molecule has 0 aliphatic rings. The van der Waals surface area contributed by atoms with E-state index in [0.29, 0.717) is 62.3 Å². The Bertz CT molecular complexity index is 1860. The lowest BCUT2D eigenvalue weighted by molar-refractivity contribution is -0.116. The lowest BCUT2D eigenvalue weighted by atomic mass is 10.0. The standard InChI is InChI=1S/C30H24F2N6O/c1-16(2)10-26(39)34-19-11-18(14-33-15-19)17-12-22-27(24(32)13-17)37-38-29(22)30-35-25-9-5-7-21(28(25)36-30)20-6-3-4-8-23(20)31/h3-9,11-16H,10H2,1-2H3,(H,34,39)(H,35,36)(H,37,38). The molecule has 0 aliphatic heterocycles. The van der Waals surface area contributed by atoms with Gasteiger partial charge in [0.1, 0.15) is 22.8 Å². The van der Waals surface area contributed by atoms with Crippen molar-refractivity contribution in [2.24, 2.45) is 5.92 Å². The molecular formula is C30H24F2N6O. The number of benzene rings is 3. The molecule has 6 rings (SSSR count). The number of hydrogen-bond donors (Lipinski definition) is 3. The first kappa shape index (κ1) is 24.4. The topological polar surface area (TPSA) is 99.3 Å². The molecule has 0 radical (unpaired) electrons. The molecule has 3 heterocycles. The second-order valence-electron chi connectivity index (χ2n) is 9.83. The van der Waals surface area contributed by atoms with Gasteiger partial charge in [0.15, 0.2) is 5.82 Å². The number of nitrogens with one attached hydrogen (secondary N) is 3. The number of imidazole rings is 1. The van der Waals surface area contributed by atoms with Crippen LogP contribution in [0, 0.1) is 17.6 Å². The molecule has 9 heteroatoms. The number of nitrogens with zero attached hydrogens (tertiary/aromatic N) is 3. The second kappa shape index (κ2) is 9.75. The number of H-pyrrole nitrogens is 2. The minimum atomic E-state index is -0.487. The fraction of sp³-hybridized carbons (Fsp3) is 0.133. The van der Waals surface area contributed by atoms with Crippen LogP contribution in [0.4, 0.5) is 14.5 Å². The van der Waals surface area contributed by atoms with E-state index in [1.54, 1.807) is 42.7 Å². The number of carbonyl (C=O) groups is 1. The van der Waals surface area contributed by atoms with Crippen molar-refractivity contribution < 1.29 is 13.6 Å². The summed E-state index contributed by atoms with van der Waals surface area (Å²) in [5.74, 6) is -0.300. The minimum absolute atomic E-state index is 0.109. The summed E-state index contributed by atoms with van der Waals surface area (Å²) in [6, 6.07) is 17.0. The Labute approximate surface area is 222 Å². The zero-order valence-electron chi connectivity index (χ0n) is 21.2. The van der Waals surface area contributed by atoms with Crippen LogP contribution in [-0.4, -0.2) is 31.1 Å². The lowest BCUT2D eigenvalue weighted by Gasteiger charge is -2.09. The van der Waals surface area contributed by atoms with Crippen LogP contribution in [0.1, 0.15) is 20.3 Å². The maximum atomic E-state index is 15.2. The number of fused-ring (bicyclic) bond motifs is 2. The Hall–Kier alpha value is -4.92. The van der Waals surface area contributed by atoms with Gasteiger partial charge in [-0.3, -0.25) is 14.9 Å². The first-order chi connectivity index (χ1) is 18.9. The third kappa shape index (κ3) is 4.63. The van der Waals surface area contributed by atoms with Gasteiger partial charge in [-0.1, -0.05) is 44.2 Å². The van der Waals surface area contributed by atoms with Crippen LogP contribution in [-0.2, 0) is 4.79 Å². The molecule has 194 valence electrons. The highest BCUT2D eigenvalue weighted by Gasteiger charge is 2.19. The number of aromatic nitrogens is 5. The molecule has 0 atom stereocenters. The van der Waals surface area contributed by atoms with E-state index in [-0.39, 0.29) is 23.2 Å². The highest BCUT2D eigenvalue weighted by atomic mass is 19.1. The highest BCUT2D eigenvalue weighted by molar-refractivity contribution is 5.99. The molecule has 6 aromatic rings. The number of halogens is 2. The van der Waals surface area contributed by atoms with Crippen LogP contribution in [0.15, 0.2) is 73.1 Å². The number of anilines is 1. The third-order valence-corrected chi connectivity index (χ3v) is 6.47. The quantitative estimate of drug-likeness (QED) is 0.217. The van der Waals surface area contributed by atoms with E-state index in [9.17, 15) is 9.18 Å². The molecule has 0 saturated heterocycles. The number of aromatic amines is 2. The van der Waals surface area contributed by atoms with Crippen LogP contribution >= 0.6 is 0 Å². The van der Waals surface area contributed by atoms with E-state index in [4.69, 9.17) is 4.98 Å². The van der Waals surface area contributed by atoms with Crippen molar-refractivity contribution in [1.29, 1.82) is 0 Å². The van der Waals surface area contributed by atoms with Crippen molar-refractivity contribution in [2.45, 2.75) is 20.3 Å². The van der Waals surface area contributed by atoms with E-state index in [1.165, 1.54) is 12.1 Å². The number of rotatable bonds is 6. The maximum absolute atomic E-state index is 15.2. The van der Waals surface area contributed by atoms with Gasteiger partial charge in [-0.25, -0.2) is 13.8 Å². The van der Waals surface area contributed by atoms with Crippen LogP contribution in [0.25, 0.3) is 55.7 Å². The molecule has 7 nitrogen and oxygen atoms in total. The fourth-order valence-electron chi connectivity index (χ4n) is 4.72. The molecule has 0 fully saturated rings. The average Bonchev–Trinajstić information content (AvgIpc) is 3.53. The van der Waals surface area contributed by atoms with Crippen LogP contribution < -0.4 is 5.32 Å². The molecule has 0 unspecified atom stereocenters. The summed E-state index contributed by atoms with van der Waals surface area (Å²) in [4.78, 5) is 24.5. The van der Waals surface area contributed by atoms with E-state index in [1.807, 2.05) is 32.0 Å². The highest BCUT2D eigenvalue weighted by Crippen LogP contribution is 2.35. The van der Waals surface area contributed by atoms with Crippen molar-refractivity contribution in [2.75, 3.05) is 5.32 Å². The number of hydrogen-bond acceptors (Lipinski definition) is 4. The molecule has 3 N–H and O–H groups in total. The molecule has 1 amide bonds. The van der Waals surface area contributed by atoms with Crippen molar-refractivity contribution in [3.63, 3.8) is 0 Å². The molecule has 0 aliphatic carbocycles. The van der Waals surface area contributed by atoms with Gasteiger partial charge in [0.05, 0.1) is 22.9 Å². The number of pyridine rings is 1. The molecule has 0 spiro atoms. The summed E-state index contributed by atoms with van der Waals surface area (Å²) in [7, 11) is 0. The summed E-state index contributed by atoms with van der Waals surface area (Å²) >= 11 is 0. The Balaban J connectivity index is 1.42. The van der Waals surface area contributed by atoms with Gasteiger partial charge >= 0.3 is 0 Å². The maximum Gasteiger partial charge on any atom is 0.224 e. The van der Waals surface area contributed by atoms with Crippen molar-refractivity contribution in [3.8, 4) is 33.8 Å². The van der Waals surface area contributed by atoms with Gasteiger partial charge in [0.2, 0.25) is 5.91 Å². The summed E-state index contributed by atoms with van der Waals surface area (Å²) < 4.78 is 29.8. The molecule has 39 heavy (non-hydrogen) atoms. The van der Waals surface area contributed by atoms with Crippen LogP contribution in [0.2, 0.25) is 0 Å². The Morgan fingerprint density at radius 3 is 2.59 bits per heavy atom. The molecule has 3 aromatic carbocycles. The predicted molar refractivity (Wildman–Crippen MR) is 148 cm³/mol. The van der Waals surface area contributed by atoms with Crippen LogP contribution in [0.3, 0.4) is 0 Å². The van der Waals surface area contributed by atoms with Gasteiger partial charge in [0.25, 0.3) is 0 Å². The largest absolute Gasteiger partial charge is 0.337 e. The molecule has 0 saturated carbocycles. The lowest BCUT2D eigenvalue weighted by Crippen LogP contribution is -2.13. The van der Waals surface area contributed by atoms with E-state index in [2.05, 4.69) is 25.5 Å². The summed E-state index contributed by atoms with van der Waals surface area (Å²) in [6.07, 6.45) is 3.56. The number of para-hydroxylation sites is 1. The first-order valence-corrected chi connectivity index (χ1v) is 12.5. The third-order valence-electron chi connectivity index (χ3n) is 6.47. The summed E-state index contributed by atoms with van der Waals surface area (Å²) in [5.41, 5.74) is 4.76. The zero-order valence-corrected chi connectivity index (χ0v) is 21.2. The smallest absolute Gasteiger partial charge is 0.224 e. The van der Waals surface area contributed by atoms with Crippen molar-refractivity contribution in [3.05, 3.63) is 84.7 Å². The molecule has 0 bridgehead atoms. The second-order valence-corrected chi connectivity index (χ2v) is 9.83. The van der Waals surface area contributed by atoms with E-state index < -0.39 is 5.82 Å². The predicted octanol–water partition coefficient (Wildman–Crippen LogP) is 7.10. The van der Waals surface area contributed by atoms with Crippen molar-refractivity contribution in [1.82, 2.24) is 25.1 Å². The Morgan fingerprint density at radius 2 is 1.77 bits per heavy atom. The summed E-state index contributed by atoms with van der Waals surface area (Å²) in [5, 5.41) is 10.5. The van der Waals surface area contributed by atoms with E-state index >= 15 is 4.39 Å².